The molecule has 5 rings (SSSR count). The van der Waals surface area contributed by atoms with Crippen molar-refractivity contribution in [3.63, 3.8) is 0 Å². The number of ether oxygens (including phenoxy) is 2. The van der Waals surface area contributed by atoms with E-state index in [9.17, 15) is 19.4 Å². The van der Waals surface area contributed by atoms with Crippen LogP contribution in [0, 0.1) is 29.0 Å². The van der Waals surface area contributed by atoms with Crippen molar-refractivity contribution < 1.29 is 28.9 Å². The number of carboxylic acid groups (broad SMARTS) is 1. The summed E-state index contributed by atoms with van der Waals surface area (Å²) in [6.07, 6.45) is -0.461. The van der Waals surface area contributed by atoms with E-state index in [1.165, 1.54) is 24.3 Å². The summed E-state index contributed by atoms with van der Waals surface area (Å²) in [5.41, 5.74) is 4.93. The lowest BCUT2D eigenvalue weighted by molar-refractivity contribution is 0.0697. The fraction of sp³-hybridized carbons (Fsp3) is 0.200. The first-order valence-corrected chi connectivity index (χ1v) is 14.1. The molecule has 0 saturated heterocycles. The van der Waals surface area contributed by atoms with Crippen molar-refractivity contribution in [3.05, 3.63) is 112 Å². The first kappa shape index (κ1) is 30.9. The van der Waals surface area contributed by atoms with E-state index < -0.39 is 17.9 Å². The maximum Gasteiger partial charge on any atom is 0.335 e. The van der Waals surface area contributed by atoms with Gasteiger partial charge in [-0.15, -0.1) is 0 Å². The van der Waals surface area contributed by atoms with Crippen LogP contribution in [0.5, 0.6) is 5.88 Å². The number of methoxy groups -OCH3 is 1. The van der Waals surface area contributed by atoms with Gasteiger partial charge in [0, 0.05) is 42.8 Å². The van der Waals surface area contributed by atoms with E-state index in [0.29, 0.717) is 59.1 Å². The molecule has 0 aliphatic heterocycles. The van der Waals surface area contributed by atoms with Gasteiger partial charge in [0.05, 0.1) is 40.5 Å². The number of carboxylic acids is 1. The Morgan fingerprint density at radius 2 is 1.89 bits per heavy atom. The number of aromatic carboxylic acids is 1. The topological polar surface area (TPSA) is 130 Å². The van der Waals surface area contributed by atoms with Crippen LogP contribution in [-0.4, -0.2) is 50.5 Å². The quantitative estimate of drug-likeness (QED) is 0.204. The van der Waals surface area contributed by atoms with Crippen molar-refractivity contribution in [3.8, 4) is 35.0 Å². The molecule has 2 N–H and O–H groups in total. The molecule has 0 aliphatic rings. The third-order valence-electron chi connectivity index (χ3n) is 7.04. The molecule has 9 nitrogen and oxygen atoms in total. The molecule has 226 valence electrons. The van der Waals surface area contributed by atoms with Gasteiger partial charge in [-0.3, -0.25) is 0 Å². The third-order valence-corrected chi connectivity index (χ3v) is 7.04. The molecule has 0 bridgehead atoms. The summed E-state index contributed by atoms with van der Waals surface area (Å²) >= 11 is 0. The number of pyridine rings is 1. The Balaban J connectivity index is 1.46. The number of hydrogen-bond acceptors (Lipinski definition) is 7. The normalized spacial score (nSPS) is 11.4. The number of halogens is 1. The van der Waals surface area contributed by atoms with E-state index in [-0.39, 0.29) is 17.7 Å². The first-order valence-electron chi connectivity index (χ1n) is 14.1. The second kappa shape index (κ2) is 13.8. The number of imidazole rings is 1. The predicted octanol–water partition coefficient (Wildman–Crippen LogP) is 5.36. The minimum atomic E-state index is -1.02. The van der Waals surface area contributed by atoms with Crippen LogP contribution in [0.2, 0.25) is 0 Å². The van der Waals surface area contributed by atoms with Crippen LogP contribution in [-0.2, 0) is 24.3 Å². The molecule has 0 radical (unpaired) electrons. The Kier molecular flexibility index (Phi) is 9.49. The van der Waals surface area contributed by atoms with E-state index in [1.54, 1.807) is 38.3 Å². The Morgan fingerprint density at radius 3 is 2.62 bits per heavy atom. The van der Waals surface area contributed by atoms with Gasteiger partial charge < -0.3 is 24.3 Å². The van der Waals surface area contributed by atoms with Gasteiger partial charge in [0.15, 0.2) is 0 Å². The number of hydrogen-bond donors (Lipinski definition) is 2. The van der Waals surface area contributed by atoms with Crippen molar-refractivity contribution in [2.24, 2.45) is 0 Å². The maximum absolute atomic E-state index is 14.3. The van der Waals surface area contributed by atoms with Gasteiger partial charge in [0.1, 0.15) is 24.4 Å². The van der Waals surface area contributed by atoms with Gasteiger partial charge in [0.2, 0.25) is 5.88 Å². The minimum absolute atomic E-state index is 0.0594. The van der Waals surface area contributed by atoms with Gasteiger partial charge >= 0.3 is 5.97 Å². The molecule has 0 aliphatic carbocycles. The number of aliphatic hydroxyl groups excluding tert-OH is 1. The average Bonchev–Trinajstić information content (AvgIpc) is 3.38. The summed E-state index contributed by atoms with van der Waals surface area (Å²) in [6.45, 7) is 2.41. The van der Waals surface area contributed by atoms with Gasteiger partial charge in [-0.1, -0.05) is 36.1 Å². The molecule has 0 fully saturated rings. The molecule has 1 atom stereocenters. The van der Waals surface area contributed by atoms with Crippen LogP contribution < -0.4 is 4.74 Å². The lowest BCUT2D eigenvalue weighted by Crippen LogP contribution is -2.10. The fourth-order valence-electron chi connectivity index (χ4n) is 4.77. The molecule has 0 unspecified atom stereocenters. The first-order chi connectivity index (χ1) is 21.7. The van der Waals surface area contributed by atoms with Crippen LogP contribution in [0.15, 0.2) is 72.8 Å². The van der Waals surface area contributed by atoms with Gasteiger partial charge in [-0.05, 0) is 55.0 Å². The zero-order chi connectivity index (χ0) is 31.9. The number of carbonyl (C=O) groups is 1. The second-order valence-corrected chi connectivity index (χ2v) is 10.2. The Bertz CT molecular complexity index is 1980. The maximum atomic E-state index is 14.3. The summed E-state index contributed by atoms with van der Waals surface area (Å²) in [5, 5.41) is 28.4. The van der Waals surface area contributed by atoms with E-state index in [1.807, 2.05) is 34.9 Å². The summed E-state index contributed by atoms with van der Waals surface area (Å²) < 4.78 is 27.3. The molecular weight excluding hydrogens is 575 g/mol. The predicted molar refractivity (Wildman–Crippen MR) is 165 cm³/mol. The lowest BCUT2D eigenvalue weighted by Gasteiger charge is -2.12. The van der Waals surface area contributed by atoms with Gasteiger partial charge in [0.25, 0.3) is 0 Å². The molecule has 0 spiro atoms. The molecule has 10 heteroatoms. The van der Waals surface area contributed by atoms with Crippen molar-refractivity contribution in [1.82, 2.24) is 14.5 Å². The summed E-state index contributed by atoms with van der Waals surface area (Å²) in [4.78, 5) is 21.0. The van der Waals surface area contributed by atoms with Gasteiger partial charge in [-0.25, -0.2) is 19.2 Å². The highest BCUT2D eigenvalue weighted by molar-refractivity contribution is 5.92. The van der Waals surface area contributed by atoms with E-state index in [2.05, 4.69) is 16.8 Å². The van der Waals surface area contributed by atoms with Crippen molar-refractivity contribution in [1.29, 1.82) is 5.26 Å². The Morgan fingerprint density at radius 1 is 1.07 bits per heavy atom. The summed E-state index contributed by atoms with van der Waals surface area (Å²) in [6, 6.07) is 21.9. The van der Waals surface area contributed by atoms with Crippen molar-refractivity contribution >= 4 is 17.0 Å². The Hall–Kier alpha value is -5.55. The zero-order valence-corrected chi connectivity index (χ0v) is 24.6. The molecule has 0 saturated carbocycles. The number of benzene rings is 3. The van der Waals surface area contributed by atoms with Crippen molar-refractivity contribution in [2.75, 3.05) is 13.7 Å². The molecule has 45 heavy (non-hydrogen) atoms. The number of rotatable bonds is 10. The standard InChI is InChI=1S/C35H29FN4O5/c1-22(41)6-8-24-17-26(30-4-3-5-34(39-30)45-21-28-9-7-23(20-37)16-29(28)36)11-10-25(24)19-33-38-31-13-12-27(35(42)43)18-32(31)40(33)14-15-44-2/h3-5,7,9-13,16-18,22,41H,14-15,19,21H2,1-2H3,(H,42,43)/t22-/m0/s1. The van der Waals surface area contributed by atoms with E-state index in [0.717, 1.165) is 11.1 Å². The van der Waals surface area contributed by atoms with Crippen LogP contribution in [0.4, 0.5) is 4.39 Å². The molecule has 0 amide bonds. The minimum Gasteiger partial charge on any atom is -0.478 e. The highest BCUT2D eigenvalue weighted by atomic mass is 19.1. The SMILES string of the molecule is COCCn1c(Cc2ccc(-c3cccc(OCc4ccc(C#N)cc4F)n3)cc2C#C[C@H](C)O)nc2ccc(C(=O)O)cc21. The highest BCUT2D eigenvalue weighted by Gasteiger charge is 2.16. The van der Waals surface area contributed by atoms with Crippen LogP contribution in [0.3, 0.4) is 0 Å². The third kappa shape index (κ3) is 7.34. The molecule has 2 heterocycles. The van der Waals surface area contributed by atoms with Gasteiger partial charge in [-0.2, -0.15) is 5.26 Å². The largest absolute Gasteiger partial charge is 0.478 e. The van der Waals surface area contributed by atoms with E-state index >= 15 is 0 Å². The zero-order valence-electron chi connectivity index (χ0n) is 24.6. The second-order valence-electron chi connectivity index (χ2n) is 10.2. The van der Waals surface area contributed by atoms with Crippen LogP contribution >= 0.6 is 0 Å². The summed E-state index contributed by atoms with van der Waals surface area (Å²) in [5.74, 6) is 5.35. The van der Waals surface area contributed by atoms with Crippen molar-refractivity contribution in [2.45, 2.75) is 32.6 Å². The lowest BCUT2D eigenvalue weighted by atomic mass is 9.99. The number of aromatic nitrogens is 3. The summed E-state index contributed by atoms with van der Waals surface area (Å²) in [7, 11) is 1.60. The molecular formula is C35H29FN4O5. The number of aliphatic hydroxyl groups is 1. The monoisotopic (exact) mass is 604 g/mol. The Labute approximate surface area is 259 Å². The molecule has 3 aromatic carbocycles. The van der Waals surface area contributed by atoms with E-state index in [4.69, 9.17) is 19.7 Å². The smallest absolute Gasteiger partial charge is 0.335 e. The average molecular weight is 605 g/mol. The molecule has 2 aromatic heterocycles. The molecule has 5 aromatic rings. The highest BCUT2D eigenvalue weighted by Crippen LogP contribution is 2.26. The number of nitrogens with zero attached hydrogens (tertiary/aromatic N) is 4. The van der Waals surface area contributed by atoms with Crippen LogP contribution in [0.1, 0.15) is 45.4 Å². The van der Waals surface area contributed by atoms with Crippen LogP contribution in [0.25, 0.3) is 22.3 Å². The number of nitriles is 1. The number of fused-ring (bicyclic) bond motifs is 1. The fourth-order valence-corrected chi connectivity index (χ4v) is 4.77.